The second-order valence-corrected chi connectivity index (χ2v) is 13.4. The van der Waals surface area contributed by atoms with E-state index in [1.807, 2.05) is 0 Å². The van der Waals surface area contributed by atoms with Gasteiger partial charge in [0, 0.05) is 32.2 Å². The highest BCUT2D eigenvalue weighted by molar-refractivity contribution is 5.90. The van der Waals surface area contributed by atoms with E-state index in [1.54, 1.807) is 7.11 Å². The number of carbonyl (C=O) groups is 2. The summed E-state index contributed by atoms with van der Waals surface area (Å²) in [7, 11) is 1.80. The van der Waals surface area contributed by atoms with E-state index in [-0.39, 0.29) is 30.0 Å². The third-order valence-electron chi connectivity index (χ3n) is 12.0. The Balaban J connectivity index is 1.36. The number of piperidine rings is 1. The first kappa shape index (κ1) is 25.1. The molecule has 0 aromatic rings. The number of nitrogens with zero attached hydrogens (tertiary/aromatic N) is 1. The first-order valence-electron chi connectivity index (χ1n) is 14.6. The van der Waals surface area contributed by atoms with E-state index < -0.39 is 22.2 Å². The Morgan fingerprint density at radius 1 is 1.19 bits per heavy atom. The lowest BCUT2D eigenvalue weighted by atomic mass is 9.41. The summed E-state index contributed by atoms with van der Waals surface area (Å²) in [6.07, 6.45) is 11.5. The normalized spacial score (nSPS) is 48.4. The summed E-state index contributed by atoms with van der Waals surface area (Å²) in [6.45, 7) is 9.55. The molecule has 9 atom stereocenters. The molecule has 6 nitrogen and oxygen atoms in total. The predicted molar refractivity (Wildman–Crippen MR) is 136 cm³/mol. The lowest BCUT2D eigenvalue weighted by molar-refractivity contribution is -0.197. The summed E-state index contributed by atoms with van der Waals surface area (Å²) in [4.78, 5) is 29.4. The molecule has 6 aliphatic rings. The van der Waals surface area contributed by atoms with E-state index in [1.165, 1.54) is 0 Å². The first-order valence-corrected chi connectivity index (χ1v) is 14.6. The largest absolute Gasteiger partial charge is 0.481 e. The van der Waals surface area contributed by atoms with Gasteiger partial charge < -0.3 is 24.3 Å². The number of methoxy groups -OCH3 is 1. The third-order valence-corrected chi connectivity index (χ3v) is 12.0. The molecule has 36 heavy (non-hydrogen) atoms. The van der Waals surface area contributed by atoms with E-state index in [2.05, 4.69) is 31.7 Å². The van der Waals surface area contributed by atoms with Crippen LogP contribution < -0.4 is 0 Å². The van der Waals surface area contributed by atoms with Gasteiger partial charge in [-0.05, 0) is 74.5 Å². The molecule has 4 bridgehead atoms. The van der Waals surface area contributed by atoms with Crippen LogP contribution in [0.5, 0.6) is 0 Å². The smallest absolute Gasteiger partial charge is 0.315 e. The average molecular weight is 500 g/mol. The van der Waals surface area contributed by atoms with Gasteiger partial charge in [0.2, 0.25) is 0 Å². The molecule has 0 radical (unpaired) electrons. The molecule has 2 saturated heterocycles. The Labute approximate surface area is 216 Å². The van der Waals surface area contributed by atoms with Gasteiger partial charge in [0.05, 0.1) is 23.7 Å². The molecule has 200 valence electrons. The SMILES string of the molecule is COC1CCN(CC2CCC(C34C[C@@H]5[C@H](C)CC[C@H]5C5(C=O)CC3C=C(C(C)C)C45C(=O)O)O2)CC1. The van der Waals surface area contributed by atoms with Crippen molar-refractivity contribution in [1.29, 1.82) is 0 Å². The minimum Gasteiger partial charge on any atom is -0.481 e. The number of hydrogen-bond donors (Lipinski definition) is 1. The molecule has 1 N–H and O–H groups in total. The van der Waals surface area contributed by atoms with Crippen LogP contribution in [0.2, 0.25) is 0 Å². The fourth-order valence-corrected chi connectivity index (χ4v) is 10.7. The zero-order chi connectivity index (χ0) is 25.5. The van der Waals surface area contributed by atoms with Crippen LogP contribution >= 0.6 is 0 Å². The monoisotopic (exact) mass is 499 g/mol. The molecule has 0 aromatic carbocycles. The van der Waals surface area contributed by atoms with Crippen LogP contribution in [0, 0.1) is 45.8 Å². The number of allylic oxidation sites excluding steroid dienone is 1. The fraction of sp³-hybridized carbons (Fsp3) is 0.867. The van der Waals surface area contributed by atoms with Crippen molar-refractivity contribution in [3.63, 3.8) is 0 Å². The molecule has 0 spiro atoms. The molecule has 2 heterocycles. The van der Waals surface area contributed by atoms with Crippen molar-refractivity contribution in [2.75, 3.05) is 26.7 Å². The van der Waals surface area contributed by atoms with Crippen molar-refractivity contribution in [3.05, 3.63) is 11.6 Å². The molecule has 3 saturated carbocycles. The van der Waals surface area contributed by atoms with Crippen LogP contribution in [0.4, 0.5) is 0 Å². The number of ether oxygens (including phenoxy) is 2. The summed E-state index contributed by atoms with van der Waals surface area (Å²) in [5, 5.41) is 11.2. The molecule has 0 amide bonds. The minimum absolute atomic E-state index is 0.0943. The molecular formula is C30H45NO5. The Morgan fingerprint density at radius 3 is 2.58 bits per heavy atom. The number of carbonyl (C=O) groups excluding carboxylic acids is 1. The van der Waals surface area contributed by atoms with Crippen LogP contribution in [-0.2, 0) is 19.1 Å². The number of rotatable bonds is 7. The van der Waals surface area contributed by atoms with Crippen LogP contribution in [-0.4, -0.2) is 67.3 Å². The van der Waals surface area contributed by atoms with Gasteiger partial charge in [0.1, 0.15) is 11.7 Å². The number of carboxylic acid groups (broad SMARTS) is 1. The predicted octanol–water partition coefficient (Wildman–Crippen LogP) is 4.57. The van der Waals surface area contributed by atoms with Crippen molar-refractivity contribution in [2.24, 2.45) is 45.8 Å². The lowest BCUT2D eigenvalue weighted by Crippen LogP contribution is -2.65. The molecular weight excluding hydrogens is 454 g/mol. The summed E-state index contributed by atoms with van der Waals surface area (Å²) in [6, 6.07) is 0. The Kier molecular flexibility index (Phi) is 6.01. The van der Waals surface area contributed by atoms with E-state index >= 15 is 0 Å². The zero-order valence-electron chi connectivity index (χ0n) is 22.6. The van der Waals surface area contributed by atoms with Gasteiger partial charge in [-0.1, -0.05) is 38.8 Å². The van der Waals surface area contributed by atoms with Gasteiger partial charge in [-0.25, -0.2) is 0 Å². The fourth-order valence-electron chi connectivity index (χ4n) is 10.7. The molecule has 2 aliphatic heterocycles. The van der Waals surface area contributed by atoms with Crippen LogP contribution in [0.15, 0.2) is 11.6 Å². The Bertz CT molecular complexity index is 940. The number of likely N-dealkylation sites (tertiary alicyclic amines) is 1. The third kappa shape index (κ3) is 2.95. The van der Waals surface area contributed by atoms with Crippen LogP contribution in [0.1, 0.15) is 72.1 Å². The maximum absolute atomic E-state index is 13.7. The summed E-state index contributed by atoms with van der Waals surface area (Å²) >= 11 is 0. The second-order valence-electron chi connectivity index (χ2n) is 13.4. The van der Waals surface area contributed by atoms with Crippen LogP contribution in [0.3, 0.4) is 0 Å². The van der Waals surface area contributed by atoms with Crippen molar-refractivity contribution < 1.29 is 24.2 Å². The highest BCUT2D eigenvalue weighted by Crippen LogP contribution is 2.84. The molecule has 4 aliphatic carbocycles. The van der Waals surface area contributed by atoms with Crippen molar-refractivity contribution >= 4 is 12.3 Å². The van der Waals surface area contributed by atoms with Crippen molar-refractivity contribution in [3.8, 4) is 0 Å². The van der Waals surface area contributed by atoms with Gasteiger partial charge in [0.15, 0.2) is 0 Å². The van der Waals surface area contributed by atoms with Gasteiger partial charge >= 0.3 is 5.97 Å². The first-order chi connectivity index (χ1) is 17.2. The summed E-state index contributed by atoms with van der Waals surface area (Å²) in [5.41, 5.74) is -1.40. The van der Waals surface area contributed by atoms with Crippen LogP contribution in [0.25, 0.3) is 0 Å². The number of hydrogen-bond acceptors (Lipinski definition) is 5. The summed E-state index contributed by atoms with van der Waals surface area (Å²) < 4.78 is 12.5. The standard InChI is InChI=1S/C30H45NO5/c1-18(2)25-13-20-14-28(17-32)24-7-5-19(3)23(24)15-29(20,30(25,28)27(33)34)26-8-6-22(36-26)16-31-11-9-21(35-4)10-12-31/h13,17-24,26H,5-12,14-16H2,1-4H3,(H,33,34)/t19-,20?,22?,23-,24-,26?,28?,29?,30?/m1/s1. The van der Waals surface area contributed by atoms with E-state index in [0.717, 1.165) is 76.4 Å². The molecule has 6 heteroatoms. The zero-order valence-corrected chi connectivity index (χ0v) is 22.6. The maximum atomic E-state index is 13.7. The lowest BCUT2D eigenvalue weighted by Gasteiger charge is -2.60. The van der Waals surface area contributed by atoms with Gasteiger partial charge in [0.25, 0.3) is 0 Å². The second kappa shape index (κ2) is 8.64. The van der Waals surface area contributed by atoms with Gasteiger partial charge in [-0.2, -0.15) is 0 Å². The maximum Gasteiger partial charge on any atom is 0.315 e. The van der Waals surface area contributed by atoms with Gasteiger partial charge in [-0.15, -0.1) is 0 Å². The molecule has 0 aromatic heterocycles. The highest BCUT2D eigenvalue weighted by atomic mass is 16.5. The Hall–Kier alpha value is -1.24. The number of aliphatic carboxylic acids is 1. The minimum atomic E-state index is -1.12. The average Bonchev–Trinajstić information content (AvgIpc) is 3.59. The van der Waals surface area contributed by atoms with Gasteiger partial charge in [-0.3, -0.25) is 4.79 Å². The Morgan fingerprint density at radius 2 is 1.94 bits per heavy atom. The summed E-state index contributed by atoms with van der Waals surface area (Å²) in [5.74, 6) is 0.611. The van der Waals surface area contributed by atoms with Crippen molar-refractivity contribution in [1.82, 2.24) is 4.90 Å². The van der Waals surface area contributed by atoms with E-state index in [9.17, 15) is 14.7 Å². The number of fused-ring (bicyclic) bond motifs is 2. The molecule has 6 unspecified atom stereocenters. The van der Waals surface area contributed by atoms with Crippen molar-refractivity contribution in [2.45, 2.75) is 90.4 Å². The topological polar surface area (TPSA) is 76.1 Å². The van der Waals surface area contributed by atoms with E-state index in [4.69, 9.17) is 9.47 Å². The number of aldehydes is 1. The highest BCUT2D eigenvalue weighted by Gasteiger charge is 2.86. The molecule has 5 fully saturated rings. The number of carboxylic acids is 1. The quantitative estimate of drug-likeness (QED) is 0.409. The van der Waals surface area contributed by atoms with E-state index in [0.29, 0.717) is 24.4 Å². The molecule has 6 rings (SSSR count).